The summed E-state index contributed by atoms with van der Waals surface area (Å²) in [5, 5.41) is 4.30. The van der Waals surface area contributed by atoms with Gasteiger partial charge in [-0.05, 0) is 155 Å². The normalized spacial score (nSPS) is 12.7. The molecule has 0 unspecified atom stereocenters. The molecule has 2 heteroatoms. The highest BCUT2D eigenvalue weighted by Crippen LogP contribution is 2.48. The summed E-state index contributed by atoms with van der Waals surface area (Å²) in [6.45, 7) is 9.15. The van der Waals surface area contributed by atoms with Crippen LogP contribution >= 0.6 is 0 Å². The van der Waals surface area contributed by atoms with Gasteiger partial charge >= 0.3 is 0 Å². The van der Waals surface area contributed by atoms with E-state index < -0.39 is 0 Å². The van der Waals surface area contributed by atoms with Crippen molar-refractivity contribution in [2.75, 3.05) is 0 Å². The molecule has 278 valence electrons. The molecular formula is C58H34O2. The largest absolute Gasteiger partial charge is 0.456 e. The maximum absolute atomic E-state index is 6.45. The zero-order valence-electron chi connectivity index (χ0n) is 32.6. The third-order valence-corrected chi connectivity index (χ3v) is 12.9. The summed E-state index contributed by atoms with van der Waals surface area (Å²) in [5.74, 6) is 0. The van der Waals surface area contributed by atoms with Gasteiger partial charge in [-0.25, -0.2) is 0 Å². The quantitative estimate of drug-likeness (QED) is 0.178. The van der Waals surface area contributed by atoms with Crippen LogP contribution in [0.1, 0.15) is 22.3 Å². The zero-order valence-corrected chi connectivity index (χ0v) is 32.6. The van der Waals surface area contributed by atoms with Crippen molar-refractivity contribution in [2.24, 2.45) is 0 Å². The molecule has 9 aromatic carbocycles. The van der Waals surface area contributed by atoms with E-state index in [1.807, 2.05) is 6.07 Å². The van der Waals surface area contributed by atoms with Gasteiger partial charge in [0.05, 0.1) is 0 Å². The zero-order chi connectivity index (χ0) is 39.6. The van der Waals surface area contributed by atoms with Crippen molar-refractivity contribution in [2.45, 2.75) is 0 Å². The second-order valence-corrected chi connectivity index (χ2v) is 16.2. The molecule has 0 aliphatic heterocycles. The highest BCUT2D eigenvalue weighted by Gasteiger charge is 2.25. The van der Waals surface area contributed by atoms with Gasteiger partial charge in [-0.2, -0.15) is 0 Å². The Morgan fingerprint density at radius 3 is 0.933 bits per heavy atom. The van der Waals surface area contributed by atoms with Crippen molar-refractivity contribution in [1.82, 2.24) is 0 Å². The van der Waals surface area contributed by atoms with E-state index in [0.29, 0.717) is 0 Å². The van der Waals surface area contributed by atoms with Crippen molar-refractivity contribution in [3.05, 3.63) is 217 Å². The van der Waals surface area contributed by atoms with E-state index in [9.17, 15) is 0 Å². The van der Waals surface area contributed by atoms with Crippen LogP contribution < -0.4 is 0 Å². The van der Waals surface area contributed by atoms with Gasteiger partial charge in [-0.1, -0.05) is 134 Å². The highest BCUT2D eigenvalue weighted by molar-refractivity contribution is 6.16. The first-order valence-corrected chi connectivity index (χ1v) is 20.4. The van der Waals surface area contributed by atoms with Gasteiger partial charge in [0.25, 0.3) is 0 Å². The summed E-state index contributed by atoms with van der Waals surface area (Å²) in [5.41, 5.74) is 24.6. The van der Waals surface area contributed by atoms with E-state index in [2.05, 4.69) is 189 Å². The van der Waals surface area contributed by atoms with Crippen molar-refractivity contribution in [3.8, 4) is 66.8 Å². The number of benzene rings is 9. The molecule has 0 atom stereocenters. The van der Waals surface area contributed by atoms with Gasteiger partial charge in [0.2, 0.25) is 0 Å². The maximum atomic E-state index is 6.45. The maximum Gasteiger partial charge on any atom is 0.139 e. The van der Waals surface area contributed by atoms with Crippen LogP contribution in [-0.2, 0) is 0 Å². The van der Waals surface area contributed by atoms with Crippen LogP contribution in [0, 0.1) is 0 Å². The van der Waals surface area contributed by atoms with Crippen molar-refractivity contribution >= 4 is 55.0 Å². The molecular weight excluding hydrogens is 729 g/mol. The lowest BCUT2D eigenvalue weighted by Gasteiger charge is -2.07. The molecule has 0 bridgehead atoms. The van der Waals surface area contributed by atoms with Crippen LogP contribution in [0.2, 0.25) is 0 Å². The Bertz CT molecular complexity index is 3430. The number of hydrogen-bond acceptors (Lipinski definition) is 2. The average Bonchev–Trinajstić information content (AvgIpc) is 4.02. The fraction of sp³-hybridized carbons (Fsp3) is 0. The van der Waals surface area contributed by atoms with Crippen LogP contribution in [0.3, 0.4) is 0 Å². The fourth-order valence-electron chi connectivity index (χ4n) is 9.79. The van der Waals surface area contributed by atoms with E-state index in [0.717, 1.165) is 77.3 Å². The van der Waals surface area contributed by atoms with E-state index in [4.69, 9.17) is 8.83 Å². The van der Waals surface area contributed by atoms with Crippen molar-refractivity contribution < 1.29 is 8.83 Å². The van der Waals surface area contributed by atoms with E-state index >= 15 is 0 Å². The minimum Gasteiger partial charge on any atom is -0.456 e. The summed E-state index contributed by atoms with van der Waals surface area (Å²) in [6.07, 6.45) is 0. The lowest BCUT2D eigenvalue weighted by molar-refractivity contribution is 0.656. The first-order chi connectivity index (χ1) is 29.5. The van der Waals surface area contributed by atoms with Crippen molar-refractivity contribution in [1.29, 1.82) is 0 Å². The lowest BCUT2D eigenvalue weighted by atomic mass is 9.96. The van der Waals surface area contributed by atoms with Gasteiger partial charge in [-0.3, -0.25) is 0 Å². The van der Waals surface area contributed by atoms with Gasteiger partial charge < -0.3 is 8.83 Å². The summed E-state index contributed by atoms with van der Waals surface area (Å²) >= 11 is 0. The Labute approximate surface area is 346 Å². The predicted molar refractivity (Wildman–Crippen MR) is 250 cm³/mol. The molecule has 13 rings (SSSR count). The standard InChI is InChI=1S/C58H34O2/c1-33-47-25-37(35-9-5-3-6-10-35)13-19-43(47)45-21-15-39(27-49(33)45)41-17-23-55-51(29-41)53-31-54-52-30-42(18-24-56(52)60-58(54)32-57(53)59-55)40-16-22-46-44-20-14-38(36-11-7-4-8-12-36)26-48(44)34(2)50(46)28-40/h3-32H,1-2H2. The number of rotatable bonds is 4. The van der Waals surface area contributed by atoms with E-state index in [1.54, 1.807) is 0 Å². The lowest BCUT2D eigenvalue weighted by Crippen LogP contribution is -1.83. The number of fused-ring (bicyclic) bond motifs is 12. The molecule has 2 nitrogen and oxygen atoms in total. The summed E-state index contributed by atoms with van der Waals surface area (Å²) in [6, 6.07) is 65.4. The van der Waals surface area contributed by atoms with Gasteiger partial charge in [-0.15, -0.1) is 0 Å². The molecule has 11 aromatic rings. The predicted octanol–water partition coefficient (Wildman–Crippen LogP) is 16.2. The van der Waals surface area contributed by atoms with Gasteiger partial charge in [0, 0.05) is 27.6 Å². The van der Waals surface area contributed by atoms with Crippen LogP contribution in [0.25, 0.3) is 122 Å². The van der Waals surface area contributed by atoms with E-state index in [1.165, 1.54) is 66.8 Å². The minimum atomic E-state index is 0.813. The summed E-state index contributed by atoms with van der Waals surface area (Å²) < 4.78 is 12.9. The fourth-order valence-corrected chi connectivity index (χ4v) is 9.79. The molecule has 0 amide bonds. The molecule has 0 saturated heterocycles. The first kappa shape index (κ1) is 33.1. The topological polar surface area (TPSA) is 26.3 Å². The molecule has 0 fully saturated rings. The highest BCUT2D eigenvalue weighted by atomic mass is 16.3. The van der Waals surface area contributed by atoms with Crippen LogP contribution in [0.4, 0.5) is 0 Å². The minimum absolute atomic E-state index is 0.813. The average molecular weight is 763 g/mol. The van der Waals surface area contributed by atoms with Crippen LogP contribution in [-0.4, -0.2) is 0 Å². The third kappa shape index (κ3) is 4.82. The third-order valence-electron chi connectivity index (χ3n) is 12.9. The SMILES string of the molecule is C=C1c2cc(-c3ccccc3)ccc2-c2ccc(-c3ccc4oc5cc6oc7ccc(-c8ccc9c(c8)C(=C)c8cc(-c%10ccccc%10)ccc8-9)cc7c6cc5c4c3)cc21. The molecule has 2 aromatic heterocycles. The smallest absolute Gasteiger partial charge is 0.139 e. The monoisotopic (exact) mass is 762 g/mol. The molecule has 0 radical (unpaired) electrons. The molecule has 2 aliphatic carbocycles. The second kappa shape index (κ2) is 12.3. The Hall–Kier alpha value is -7.94. The van der Waals surface area contributed by atoms with Crippen molar-refractivity contribution in [3.63, 3.8) is 0 Å². The molecule has 0 N–H and O–H groups in total. The number of hydrogen-bond donors (Lipinski definition) is 0. The number of furan rings is 2. The Morgan fingerprint density at radius 2 is 0.550 bits per heavy atom. The van der Waals surface area contributed by atoms with Crippen LogP contribution in [0.15, 0.2) is 204 Å². The first-order valence-electron chi connectivity index (χ1n) is 20.4. The van der Waals surface area contributed by atoms with E-state index in [-0.39, 0.29) is 0 Å². The molecule has 60 heavy (non-hydrogen) atoms. The second-order valence-electron chi connectivity index (χ2n) is 16.2. The molecule has 2 aliphatic rings. The Morgan fingerprint density at radius 1 is 0.233 bits per heavy atom. The van der Waals surface area contributed by atoms with Gasteiger partial charge in [0.15, 0.2) is 0 Å². The molecule has 2 heterocycles. The van der Waals surface area contributed by atoms with Crippen LogP contribution in [0.5, 0.6) is 0 Å². The molecule has 0 spiro atoms. The Kier molecular flexibility index (Phi) is 6.77. The van der Waals surface area contributed by atoms with Gasteiger partial charge in [0.1, 0.15) is 22.3 Å². The summed E-state index contributed by atoms with van der Waals surface area (Å²) in [7, 11) is 0. The Balaban J connectivity index is 0.856. The molecule has 0 saturated carbocycles. The summed E-state index contributed by atoms with van der Waals surface area (Å²) in [4.78, 5) is 0.